The molecule has 6 nitrogen and oxygen atoms in total. The first kappa shape index (κ1) is 24.1. The number of ketones is 1. The van der Waals surface area contributed by atoms with Crippen molar-refractivity contribution in [2.75, 3.05) is 7.11 Å². The van der Waals surface area contributed by atoms with Crippen molar-refractivity contribution in [1.29, 1.82) is 0 Å². The Morgan fingerprint density at radius 3 is 2.43 bits per heavy atom. The Morgan fingerprint density at radius 2 is 1.83 bits per heavy atom. The first-order chi connectivity index (χ1) is 16.6. The van der Waals surface area contributed by atoms with Crippen molar-refractivity contribution in [3.05, 3.63) is 101 Å². The zero-order valence-corrected chi connectivity index (χ0v) is 20.1. The topological polar surface area (TPSA) is 79.7 Å². The summed E-state index contributed by atoms with van der Waals surface area (Å²) in [6.07, 6.45) is 3.23. The summed E-state index contributed by atoms with van der Waals surface area (Å²) in [7, 11) is 1.57. The smallest absolute Gasteiger partial charge is 0.295 e. The Bertz CT molecular complexity index is 1290. The number of aliphatic hydroxyl groups is 1. The van der Waals surface area contributed by atoms with E-state index >= 15 is 0 Å². The van der Waals surface area contributed by atoms with E-state index in [4.69, 9.17) is 4.74 Å². The van der Waals surface area contributed by atoms with Gasteiger partial charge in [-0.25, -0.2) is 4.39 Å². The van der Waals surface area contributed by atoms with Gasteiger partial charge < -0.3 is 14.7 Å². The van der Waals surface area contributed by atoms with E-state index < -0.39 is 23.5 Å². The van der Waals surface area contributed by atoms with Gasteiger partial charge in [0.2, 0.25) is 0 Å². The van der Waals surface area contributed by atoms with Crippen molar-refractivity contribution in [3.63, 3.8) is 0 Å². The van der Waals surface area contributed by atoms with Crippen LogP contribution >= 0.6 is 0 Å². The van der Waals surface area contributed by atoms with Crippen molar-refractivity contribution < 1.29 is 23.8 Å². The normalized spacial score (nSPS) is 17.6. The number of rotatable bonds is 5. The summed E-state index contributed by atoms with van der Waals surface area (Å²) in [6.45, 7) is 6.15. The highest BCUT2D eigenvalue weighted by atomic mass is 19.1. The number of hydrogen-bond donors (Lipinski definition) is 1. The van der Waals surface area contributed by atoms with Gasteiger partial charge in [-0.3, -0.25) is 14.6 Å². The molecule has 2 aromatic carbocycles. The van der Waals surface area contributed by atoms with E-state index in [2.05, 4.69) is 4.98 Å². The van der Waals surface area contributed by atoms with Crippen molar-refractivity contribution in [3.8, 4) is 5.75 Å². The van der Waals surface area contributed by atoms with Gasteiger partial charge in [0.1, 0.15) is 17.3 Å². The molecule has 1 fully saturated rings. The van der Waals surface area contributed by atoms with Crippen LogP contribution in [-0.4, -0.2) is 33.8 Å². The van der Waals surface area contributed by atoms with E-state index in [0.29, 0.717) is 16.9 Å². The molecule has 35 heavy (non-hydrogen) atoms. The molecule has 2 heterocycles. The van der Waals surface area contributed by atoms with E-state index in [1.54, 1.807) is 49.8 Å². The van der Waals surface area contributed by atoms with Crippen molar-refractivity contribution in [2.24, 2.45) is 0 Å². The fourth-order valence-electron chi connectivity index (χ4n) is 4.32. The molecule has 1 saturated heterocycles. The number of pyridine rings is 1. The molecule has 1 aromatic heterocycles. The second-order valence-corrected chi connectivity index (χ2v) is 9.50. The number of Topliss-reactive ketones (excluding diaryl/α,β-unsaturated/α-hetero) is 1. The summed E-state index contributed by atoms with van der Waals surface area (Å²) >= 11 is 0. The molecule has 0 bridgehead atoms. The first-order valence-corrected chi connectivity index (χ1v) is 11.2. The number of halogens is 1. The van der Waals surface area contributed by atoms with Crippen LogP contribution in [0.25, 0.3) is 5.76 Å². The minimum Gasteiger partial charge on any atom is -0.507 e. The van der Waals surface area contributed by atoms with Crippen LogP contribution in [0.1, 0.15) is 49.1 Å². The molecule has 3 aromatic rings. The van der Waals surface area contributed by atoms with Crippen molar-refractivity contribution >= 4 is 17.4 Å². The Balaban J connectivity index is 1.89. The summed E-state index contributed by atoms with van der Waals surface area (Å²) in [4.78, 5) is 31.9. The van der Waals surface area contributed by atoms with Crippen LogP contribution in [0.3, 0.4) is 0 Å². The molecule has 1 atom stereocenters. The van der Waals surface area contributed by atoms with Crippen LogP contribution < -0.4 is 4.74 Å². The van der Waals surface area contributed by atoms with Gasteiger partial charge in [0.25, 0.3) is 11.7 Å². The van der Waals surface area contributed by atoms with Crippen LogP contribution in [0.2, 0.25) is 0 Å². The number of amides is 1. The first-order valence-electron chi connectivity index (χ1n) is 11.2. The van der Waals surface area contributed by atoms with Crippen molar-refractivity contribution in [2.45, 2.75) is 38.8 Å². The lowest BCUT2D eigenvalue weighted by Gasteiger charge is -2.26. The third-order valence-corrected chi connectivity index (χ3v) is 6.08. The van der Waals surface area contributed by atoms with E-state index in [0.717, 1.165) is 11.1 Å². The number of aromatic nitrogens is 1. The van der Waals surface area contributed by atoms with Gasteiger partial charge in [-0.2, -0.15) is 0 Å². The van der Waals surface area contributed by atoms with E-state index in [9.17, 15) is 19.1 Å². The molecule has 180 valence electrons. The summed E-state index contributed by atoms with van der Waals surface area (Å²) in [5.74, 6) is -1.62. The number of likely N-dealkylation sites (tertiary alicyclic amines) is 1. The van der Waals surface area contributed by atoms with E-state index in [-0.39, 0.29) is 23.3 Å². The second kappa shape index (κ2) is 9.33. The summed E-state index contributed by atoms with van der Waals surface area (Å²) in [6, 6.07) is 13.4. The van der Waals surface area contributed by atoms with Gasteiger partial charge >= 0.3 is 0 Å². The van der Waals surface area contributed by atoms with Crippen LogP contribution in [-0.2, 0) is 21.5 Å². The Kier molecular flexibility index (Phi) is 6.43. The van der Waals surface area contributed by atoms with E-state index in [1.807, 2.05) is 20.8 Å². The van der Waals surface area contributed by atoms with Gasteiger partial charge in [-0.15, -0.1) is 0 Å². The van der Waals surface area contributed by atoms with Crippen LogP contribution in [0.5, 0.6) is 5.75 Å². The van der Waals surface area contributed by atoms with Gasteiger partial charge in [0, 0.05) is 30.1 Å². The Hall–Kier alpha value is -4.00. The predicted octanol–water partition coefficient (Wildman–Crippen LogP) is 5.15. The number of nitrogens with zero attached hydrogens (tertiary/aromatic N) is 2. The third-order valence-electron chi connectivity index (χ3n) is 6.08. The minimum atomic E-state index is -0.893. The largest absolute Gasteiger partial charge is 0.507 e. The van der Waals surface area contributed by atoms with Crippen LogP contribution in [0, 0.1) is 5.82 Å². The fraction of sp³-hybridized carbons (Fsp3) is 0.250. The maximum Gasteiger partial charge on any atom is 0.295 e. The maximum absolute atomic E-state index is 13.7. The van der Waals surface area contributed by atoms with Crippen molar-refractivity contribution in [1.82, 2.24) is 9.88 Å². The molecule has 0 spiro atoms. The lowest BCUT2D eigenvalue weighted by molar-refractivity contribution is -0.140. The Morgan fingerprint density at radius 1 is 1.11 bits per heavy atom. The highest BCUT2D eigenvalue weighted by molar-refractivity contribution is 6.46. The van der Waals surface area contributed by atoms with Gasteiger partial charge in [0.15, 0.2) is 0 Å². The number of aliphatic hydroxyl groups excluding tert-OH is 1. The molecular weight excluding hydrogens is 447 g/mol. The van der Waals surface area contributed by atoms with E-state index in [1.165, 1.54) is 29.2 Å². The lowest BCUT2D eigenvalue weighted by atomic mass is 9.84. The summed E-state index contributed by atoms with van der Waals surface area (Å²) in [5.41, 5.74) is 2.12. The van der Waals surface area contributed by atoms with Crippen LogP contribution in [0.15, 0.2) is 72.6 Å². The monoisotopic (exact) mass is 474 g/mol. The molecular formula is C28H27FN2O4. The fourth-order valence-corrected chi connectivity index (χ4v) is 4.32. The highest BCUT2D eigenvalue weighted by Crippen LogP contribution is 2.41. The van der Waals surface area contributed by atoms with Crippen LogP contribution in [0.4, 0.5) is 4.39 Å². The highest BCUT2D eigenvalue weighted by Gasteiger charge is 2.46. The molecule has 1 unspecified atom stereocenters. The number of benzene rings is 2. The molecule has 1 aliphatic rings. The zero-order chi connectivity index (χ0) is 25.3. The van der Waals surface area contributed by atoms with Gasteiger partial charge in [-0.1, -0.05) is 39.0 Å². The molecule has 1 amide bonds. The Labute approximate surface area is 203 Å². The quantitative estimate of drug-likeness (QED) is 0.314. The van der Waals surface area contributed by atoms with Gasteiger partial charge in [0.05, 0.1) is 18.7 Å². The second-order valence-electron chi connectivity index (χ2n) is 9.50. The SMILES string of the molecule is COc1ccc(/C(O)=C2/C(=O)C(=O)N(Cc3cccnc3)C2c2ccc(F)cc2)cc1C(C)(C)C. The average molecular weight is 475 g/mol. The molecule has 7 heteroatoms. The lowest BCUT2D eigenvalue weighted by Crippen LogP contribution is -2.29. The summed E-state index contributed by atoms with van der Waals surface area (Å²) in [5, 5.41) is 11.4. The maximum atomic E-state index is 13.7. The molecule has 1 N–H and O–H groups in total. The molecule has 0 saturated carbocycles. The molecule has 4 rings (SSSR count). The molecule has 0 aliphatic carbocycles. The summed E-state index contributed by atoms with van der Waals surface area (Å²) < 4.78 is 19.2. The molecule has 0 radical (unpaired) electrons. The predicted molar refractivity (Wildman–Crippen MR) is 130 cm³/mol. The number of hydrogen-bond acceptors (Lipinski definition) is 5. The minimum absolute atomic E-state index is 0.0458. The zero-order valence-electron chi connectivity index (χ0n) is 20.1. The standard InChI is InChI=1S/C28H27FN2O4/c1-28(2,3)21-14-19(9-12-22(21)35-4)25(32)23-24(18-7-10-20(29)11-8-18)31(27(34)26(23)33)16-17-6-5-13-30-15-17/h5-15,24,32H,16H2,1-4H3/b25-23-. The number of carbonyl (C=O) groups excluding carboxylic acids is 2. The number of ether oxygens (including phenoxy) is 1. The molecule has 1 aliphatic heterocycles. The number of methoxy groups -OCH3 is 1. The average Bonchev–Trinajstić information content (AvgIpc) is 3.08. The number of carbonyl (C=O) groups is 2. The third kappa shape index (κ3) is 4.67. The van der Waals surface area contributed by atoms with Gasteiger partial charge in [-0.05, 0) is 52.9 Å².